The third-order valence-corrected chi connectivity index (χ3v) is 3.75. The van der Waals surface area contributed by atoms with Crippen molar-refractivity contribution >= 4 is 10.1 Å². The first-order valence-electron chi connectivity index (χ1n) is 6.10. The molecule has 0 fully saturated rings. The van der Waals surface area contributed by atoms with Gasteiger partial charge < -0.3 is 4.74 Å². The van der Waals surface area contributed by atoms with Crippen LogP contribution in [0.4, 0.5) is 0 Å². The van der Waals surface area contributed by atoms with Gasteiger partial charge in [-0.25, -0.2) is 0 Å². The summed E-state index contributed by atoms with van der Waals surface area (Å²) in [5.74, 6) is 0.000161. The Hall–Kier alpha value is -1.17. The normalized spacial score (nSPS) is 13.2. The quantitative estimate of drug-likeness (QED) is 0.418. The highest BCUT2D eigenvalue weighted by Gasteiger charge is 2.16. The molecule has 106 valence electrons. The maximum absolute atomic E-state index is 11.9. The zero-order chi connectivity index (χ0) is 14.3. The van der Waals surface area contributed by atoms with Gasteiger partial charge in [-0.15, -0.1) is 6.58 Å². The summed E-state index contributed by atoms with van der Waals surface area (Å²) in [7, 11) is -3.68. The molecule has 0 amide bonds. The van der Waals surface area contributed by atoms with Crippen molar-refractivity contribution in [2.45, 2.75) is 18.7 Å². The highest BCUT2D eigenvalue weighted by Crippen LogP contribution is 2.14. The minimum absolute atomic E-state index is 0.000161. The lowest BCUT2D eigenvalue weighted by Crippen LogP contribution is -2.16. The van der Waals surface area contributed by atoms with Crippen LogP contribution in [-0.2, 0) is 19.0 Å². The monoisotopic (exact) mass is 284 g/mol. The van der Waals surface area contributed by atoms with Gasteiger partial charge in [0.15, 0.2) is 0 Å². The second kappa shape index (κ2) is 7.43. The molecule has 0 aliphatic heterocycles. The molecule has 0 N–H and O–H groups in total. The van der Waals surface area contributed by atoms with Crippen molar-refractivity contribution in [2.75, 3.05) is 19.8 Å². The lowest BCUT2D eigenvalue weighted by atomic mass is 10.2. The van der Waals surface area contributed by atoms with Gasteiger partial charge in [-0.1, -0.05) is 30.7 Å². The molecule has 0 spiro atoms. The topological polar surface area (TPSA) is 52.6 Å². The molecule has 0 aliphatic rings. The molecule has 0 saturated heterocycles. The molecule has 1 aromatic rings. The van der Waals surface area contributed by atoms with E-state index in [-0.39, 0.29) is 17.4 Å². The number of aryl methyl sites for hydroxylation is 1. The molecule has 4 nitrogen and oxygen atoms in total. The zero-order valence-electron chi connectivity index (χ0n) is 11.3. The van der Waals surface area contributed by atoms with Crippen molar-refractivity contribution in [1.82, 2.24) is 0 Å². The summed E-state index contributed by atoms with van der Waals surface area (Å²) in [6.07, 6.45) is 1.65. The van der Waals surface area contributed by atoms with Crippen molar-refractivity contribution in [1.29, 1.82) is 0 Å². The Bertz CT molecular complexity index is 491. The summed E-state index contributed by atoms with van der Waals surface area (Å²) in [5.41, 5.74) is 1.00. The summed E-state index contributed by atoms with van der Waals surface area (Å²) >= 11 is 0. The van der Waals surface area contributed by atoms with Crippen LogP contribution in [0.25, 0.3) is 0 Å². The Morgan fingerprint density at radius 2 is 1.89 bits per heavy atom. The van der Waals surface area contributed by atoms with Gasteiger partial charge in [0.05, 0.1) is 24.7 Å². The fraction of sp³-hybridized carbons (Fsp3) is 0.429. The van der Waals surface area contributed by atoms with Crippen LogP contribution in [0.1, 0.15) is 12.5 Å². The maximum Gasteiger partial charge on any atom is 0.296 e. The van der Waals surface area contributed by atoms with Gasteiger partial charge >= 0.3 is 0 Å². The molecule has 19 heavy (non-hydrogen) atoms. The summed E-state index contributed by atoms with van der Waals surface area (Å²) < 4.78 is 34.0. The lowest BCUT2D eigenvalue weighted by Gasteiger charge is -2.12. The van der Waals surface area contributed by atoms with E-state index in [0.717, 1.165) is 5.56 Å². The Balaban J connectivity index is 2.51. The average molecular weight is 284 g/mol. The number of ether oxygens (including phenoxy) is 1. The predicted molar refractivity (Wildman–Crippen MR) is 74.5 cm³/mol. The van der Waals surface area contributed by atoms with E-state index < -0.39 is 10.1 Å². The molecule has 0 heterocycles. The summed E-state index contributed by atoms with van der Waals surface area (Å²) in [4.78, 5) is 0.178. The molecule has 0 unspecified atom stereocenters. The molecule has 0 aliphatic carbocycles. The van der Waals surface area contributed by atoms with Crippen molar-refractivity contribution in [3.8, 4) is 0 Å². The third kappa shape index (κ3) is 5.55. The molecule has 1 rings (SSSR count). The molecule has 0 saturated carbocycles. The average Bonchev–Trinajstić information content (AvgIpc) is 2.37. The highest BCUT2D eigenvalue weighted by molar-refractivity contribution is 7.86. The number of hydrogen-bond donors (Lipinski definition) is 0. The summed E-state index contributed by atoms with van der Waals surface area (Å²) in [6, 6.07) is 6.58. The van der Waals surface area contributed by atoms with Crippen molar-refractivity contribution in [3.05, 3.63) is 42.5 Å². The lowest BCUT2D eigenvalue weighted by molar-refractivity contribution is 0.106. The SMILES string of the molecule is C=CCOC[C@@H](C)COS(=O)(=O)c1ccc(C)cc1. The van der Waals surface area contributed by atoms with Crippen molar-refractivity contribution in [2.24, 2.45) is 5.92 Å². The van der Waals surface area contributed by atoms with E-state index in [1.807, 2.05) is 13.8 Å². The summed E-state index contributed by atoms with van der Waals surface area (Å²) in [5, 5.41) is 0. The number of rotatable bonds is 8. The van der Waals surface area contributed by atoms with Crippen LogP contribution in [0.15, 0.2) is 41.8 Å². The van der Waals surface area contributed by atoms with E-state index in [0.29, 0.717) is 13.2 Å². The van der Waals surface area contributed by atoms with Crippen LogP contribution in [0.2, 0.25) is 0 Å². The first kappa shape index (κ1) is 15.9. The smallest absolute Gasteiger partial charge is 0.296 e. The first-order valence-corrected chi connectivity index (χ1v) is 7.51. The second-order valence-electron chi connectivity index (χ2n) is 4.48. The fourth-order valence-corrected chi connectivity index (χ4v) is 2.40. The molecule has 5 heteroatoms. The van der Waals surface area contributed by atoms with E-state index in [4.69, 9.17) is 8.92 Å². The Labute approximate surface area is 115 Å². The molecule has 1 aromatic carbocycles. The molecule has 0 bridgehead atoms. The highest BCUT2D eigenvalue weighted by atomic mass is 32.2. The van der Waals surface area contributed by atoms with Crippen molar-refractivity contribution < 1.29 is 17.3 Å². The van der Waals surface area contributed by atoms with Crippen LogP contribution >= 0.6 is 0 Å². The predicted octanol–water partition coefficient (Wildman–Crippen LogP) is 2.54. The number of benzene rings is 1. The third-order valence-electron chi connectivity index (χ3n) is 2.46. The molecule has 1 atom stereocenters. The molecular formula is C14H20O4S. The van der Waals surface area contributed by atoms with Gasteiger partial charge in [-0.05, 0) is 19.1 Å². The van der Waals surface area contributed by atoms with E-state index >= 15 is 0 Å². The van der Waals surface area contributed by atoms with Crippen LogP contribution in [0, 0.1) is 12.8 Å². The van der Waals surface area contributed by atoms with E-state index in [2.05, 4.69) is 6.58 Å². The molecular weight excluding hydrogens is 264 g/mol. The summed E-state index contributed by atoms with van der Waals surface area (Å²) in [6.45, 7) is 8.30. The first-order chi connectivity index (χ1) is 8.95. The maximum atomic E-state index is 11.9. The van der Waals surface area contributed by atoms with Gasteiger partial charge in [0, 0.05) is 5.92 Å². The van der Waals surface area contributed by atoms with Gasteiger partial charge in [0.2, 0.25) is 0 Å². The largest absolute Gasteiger partial charge is 0.377 e. The van der Waals surface area contributed by atoms with Gasteiger partial charge in [-0.3, -0.25) is 4.18 Å². The molecule has 0 aromatic heterocycles. The Kier molecular flexibility index (Phi) is 6.21. The van der Waals surface area contributed by atoms with Crippen molar-refractivity contribution in [3.63, 3.8) is 0 Å². The van der Waals surface area contributed by atoms with Gasteiger partial charge in [0.25, 0.3) is 10.1 Å². The van der Waals surface area contributed by atoms with Crippen LogP contribution in [0.3, 0.4) is 0 Å². The van der Waals surface area contributed by atoms with Crippen LogP contribution in [-0.4, -0.2) is 28.2 Å². The minimum Gasteiger partial charge on any atom is -0.377 e. The van der Waals surface area contributed by atoms with Gasteiger partial charge in [-0.2, -0.15) is 8.42 Å². The Morgan fingerprint density at radius 3 is 2.47 bits per heavy atom. The van der Waals surface area contributed by atoms with Crippen LogP contribution < -0.4 is 0 Å². The van der Waals surface area contributed by atoms with Crippen LogP contribution in [0.5, 0.6) is 0 Å². The Morgan fingerprint density at radius 1 is 1.26 bits per heavy atom. The van der Waals surface area contributed by atoms with E-state index in [1.54, 1.807) is 30.3 Å². The fourth-order valence-electron chi connectivity index (χ4n) is 1.38. The number of hydrogen-bond acceptors (Lipinski definition) is 4. The zero-order valence-corrected chi connectivity index (χ0v) is 12.2. The second-order valence-corrected chi connectivity index (χ2v) is 6.10. The minimum atomic E-state index is -3.68. The van der Waals surface area contributed by atoms with Gasteiger partial charge in [0.1, 0.15) is 0 Å². The van der Waals surface area contributed by atoms with E-state index in [1.165, 1.54) is 0 Å². The standard InChI is InChI=1S/C14H20O4S/c1-4-9-17-10-13(3)11-18-19(15,16)14-7-5-12(2)6-8-14/h4-8,13H,1,9-11H2,2-3H3/t13-/m1/s1. The molecule has 0 radical (unpaired) electrons. The van der Waals surface area contributed by atoms with E-state index in [9.17, 15) is 8.42 Å².